The third-order valence-electron chi connectivity index (χ3n) is 3.75. The van der Waals surface area contributed by atoms with Crippen LogP contribution < -0.4 is 15.6 Å². The molecule has 0 bridgehead atoms. The molecule has 3 N–H and O–H groups in total. The fourth-order valence-electron chi connectivity index (χ4n) is 2.44. The van der Waals surface area contributed by atoms with Crippen molar-refractivity contribution in [3.05, 3.63) is 58.8 Å². The summed E-state index contributed by atoms with van der Waals surface area (Å²) in [7, 11) is -3.81. The van der Waals surface area contributed by atoms with Gasteiger partial charge in [0, 0.05) is 16.8 Å². The second-order valence-electron chi connectivity index (χ2n) is 6.30. The number of amides is 1. The van der Waals surface area contributed by atoms with Crippen molar-refractivity contribution >= 4 is 39.7 Å². The Bertz CT molecular complexity index is 929. The van der Waals surface area contributed by atoms with Crippen LogP contribution in [-0.4, -0.2) is 42.3 Å². The van der Waals surface area contributed by atoms with Gasteiger partial charge in [0.15, 0.2) is 0 Å². The third kappa shape index (κ3) is 8.22. The number of benzene rings is 1. The van der Waals surface area contributed by atoms with E-state index < -0.39 is 22.0 Å². The predicted octanol–water partition coefficient (Wildman–Crippen LogP) is 2.25. The number of hydrazine groups is 1. The second kappa shape index (κ2) is 10.9. The zero-order valence-electron chi connectivity index (χ0n) is 16.5. The molecule has 0 fully saturated rings. The smallest absolute Gasteiger partial charge is 0.256 e. The summed E-state index contributed by atoms with van der Waals surface area (Å²) in [5.41, 5.74) is 7.38. The van der Waals surface area contributed by atoms with Crippen molar-refractivity contribution in [1.29, 1.82) is 0 Å². The molecule has 0 aliphatic carbocycles. The molecule has 2 rings (SSSR count). The minimum Gasteiger partial charge on any atom is -0.271 e. The van der Waals surface area contributed by atoms with E-state index >= 15 is 0 Å². The van der Waals surface area contributed by atoms with E-state index in [9.17, 15) is 13.2 Å². The maximum atomic E-state index is 12.6. The first kappa shape index (κ1) is 22.9. The highest BCUT2D eigenvalue weighted by atomic mass is 32.2. The van der Waals surface area contributed by atoms with Crippen molar-refractivity contribution in [2.75, 3.05) is 17.4 Å². The van der Waals surface area contributed by atoms with E-state index in [0.29, 0.717) is 12.2 Å². The van der Waals surface area contributed by atoms with Gasteiger partial charge >= 0.3 is 0 Å². The highest BCUT2D eigenvalue weighted by Gasteiger charge is 2.23. The van der Waals surface area contributed by atoms with Crippen LogP contribution in [0.15, 0.2) is 41.8 Å². The normalized spacial score (nSPS) is 12.7. The van der Waals surface area contributed by atoms with Crippen LogP contribution >= 0.6 is 11.8 Å². The zero-order chi connectivity index (χ0) is 21.3. The Kier molecular flexibility index (Phi) is 8.62. The van der Waals surface area contributed by atoms with Gasteiger partial charge in [-0.1, -0.05) is 30.3 Å². The third-order valence-corrected chi connectivity index (χ3v) is 5.50. The molecule has 0 spiro atoms. The minimum absolute atomic E-state index is 0.242. The summed E-state index contributed by atoms with van der Waals surface area (Å²) in [6.45, 7) is 3.63. The summed E-state index contributed by atoms with van der Waals surface area (Å²) in [5, 5.41) is 1.06. The summed E-state index contributed by atoms with van der Waals surface area (Å²) >= 11 is 1.52. The van der Waals surface area contributed by atoms with Crippen molar-refractivity contribution in [2.24, 2.45) is 0 Å². The molecule has 1 amide bonds. The van der Waals surface area contributed by atoms with Gasteiger partial charge in [0.2, 0.25) is 16.0 Å². The van der Waals surface area contributed by atoms with Crippen molar-refractivity contribution in [3.63, 3.8) is 0 Å². The van der Waals surface area contributed by atoms with E-state index in [0.717, 1.165) is 22.4 Å². The molecule has 1 aromatic carbocycles. The van der Waals surface area contributed by atoms with Crippen molar-refractivity contribution < 1.29 is 13.2 Å². The Balaban J connectivity index is 2.04. The average molecular weight is 436 g/mol. The number of anilines is 1. The molecular formula is C19H25N5O3S2. The number of carbonyl (C=O) groups is 1. The first-order chi connectivity index (χ1) is 13.8. The Hall–Kier alpha value is -2.43. The van der Waals surface area contributed by atoms with Crippen LogP contribution in [0.2, 0.25) is 0 Å². The van der Waals surface area contributed by atoms with E-state index in [4.69, 9.17) is 0 Å². The van der Waals surface area contributed by atoms with Gasteiger partial charge in [-0.25, -0.2) is 18.4 Å². The molecule has 10 heteroatoms. The van der Waals surface area contributed by atoms with Crippen molar-refractivity contribution in [3.8, 4) is 0 Å². The first-order valence-corrected chi connectivity index (χ1v) is 11.9. The molecule has 0 aliphatic heterocycles. The highest BCUT2D eigenvalue weighted by molar-refractivity contribution is 7.98. The molecular weight excluding hydrogens is 410 g/mol. The number of hydrogen-bond acceptors (Lipinski definition) is 7. The molecule has 29 heavy (non-hydrogen) atoms. The Labute approximate surface area is 175 Å². The average Bonchev–Trinajstić information content (AvgIpc) is 2.68. The number of sulfonamides is 1. The fraction of sp³-hybridized carbons (Fsp3) is 0.316. The van der Waals surface area contributed by atoms with E-state index in [2.05, 4.69) is 25.5 Å². The maximum absolute atomic E-state index is 12.6. The predicted molar refractivity (Wildman–Crippen MR) is 118 cm³/mol. The zero-order valence-corrected chi connectivity index (χ0v) is 18.2. The van der Waals surface area contributed by atoms with E-state index in [-0.39, 0.29) is 5.95 Å². The van der Waals surface area contributed by atoms with Crippen LogP contribution in [0, 0.1) is 13.8 Å². The van der Waals surface area contributed by atoms with Gasteiger partial charge in [-0.3, -0.25) is 15.6 Å². The maximum Gasteiger partial charge on any atom is 0.256 e. The quantitative estimate of drug-likeness (QED) is 0.491. The SMILES string of the molecule is CSCC[C@H](NS(=O)(=O)/C=C/c1ccccc1)C(=O)NNc1nc(C)cc(C)n1. The molecule has 2 aromatic rings. The van der Waals surface area contributed by atoms with Gasteiger partial charge in [-0.05, 0) is 50.0 Å². The van der Waals surface area contributed by atoms with Gasteiger partial charge in [0.25, 0.3) is 5.91 Å². The van der Waals surface area contributed by atoms with Crippen LogP contribution in [0.4, 0.5) is 5.95 Å². The lowest BCUT2D eigenvalue weighted by atomic mass is 10.2. The number of nitrogens with one attached hydrogen (secondary N) is 3. The van der Waals surface area contributed by atoms with Crippen molar-refractivity contribution in [1.82, 2.24) is 20.1 Å². The number of aryl methyl sites for hydroxylation is 2. The van der Waals surface area contributed by atoms with Crippen LogP contribution in [0.25, 0.3) is 6.08 Å². The van der Waals surface area contributed by atoms with Gasteiger partial charge in [0.05, 0.1) is 0 Å². The summed E-state index contributed by atoms with van der Waals surface area (Å²) < 4.78 is 27.3. The Morgan fingerprint density at radius 3 is 2.45 bits per heavy atom. The Morgan fingerprint density at radius 1 is 1.17 bits per heavy atom. The molecule has 1 atom stereocenters. The number of hydrogen-bond donors (Lipinski definition) is 3. The van der Waals surface area contributed by atoms with E-state index in [1.165, 1.54) is 17.8 Å². The fourth-order valence-corrected chi connectivity index (χ4v) is 3.94. The Morgan fingerprint density at radius 2 is 1.83 bits per heavy atom. The number of carbonyl (C=O) groups excluding carboxylic acids is 1. The van der Waals surface area contributed by atoms with Crippen LogP contribution in [0.5, 0.6) is 0 Å². The molecule has 0 aliphatic rings. The molecule has 0 unspecified atom stereocenters. The molecule has 1 aromatic heterocycles. The van der Waals surface area contributed by atoms with Gasteiger partial charge < -0.3 is 0 Å². The van der Waals surface area contributed by atoms with Crippen LogP contribution in [-0.2, 0) is 14.8 Å². The summed E-state index contributed by atoms with van der Waals surface area (Å²) in [5.74, 6) is 0.341. The molecule has 0 radical (unpaired) electrons. The molecule has 0 saturated heterocycles. The molecule has 8 nitrogen and oxygen atoms in total. The lowest BCUT2D eigenvalue weighted by Crippen LogP contribution is -2.48. The molecule has 0 saturated carbocycles. The molecule has 156 valence electrons. The lowest BCUT2D eigenvalue weighted by Gasteiger charge is -2.17. The summed E-state index contributed by atoms with van der Waals surface area (Å²) in [6, 6.07) is 9.92. The number of aromatic nitrogens is 2. The van der Waals surface area contributed by atoms with E-state index in [1.807, 2.05) is 44.4 Å². The van der Waals surface area contributed by atoms with Crippen LogP contribution in [0.3, 0.4) is 0 Å². The largest absolute Gasteiger partial charge is 0.271 e. The standard InChI is InChI=1S/C19H25N5O3S2/c1-14-13-15(2)21-19(20-14)23-22-18(25)17(9-11-28-3)24-29(26,27)12-10-16-7-5-4-6-8-16/h4-8,10,12-13,17,24H,9,11H2,1-3H3,(H,22,25)(H,20,21,23)/b12-10+/t17-/m0/s1. The number of rotatable bonds is 10. The second-order valence-corrected chi connectivity index (χ2v) is 8.88. The van der Waals surface area contributed by atoms with Crippen molar-refractivity contribution in [2.45, 2.75) is 26.3 Å². The van der Waals surface area contributed by atoms with Gasteiger partial charge in [-0.2, -0.15) is 16.5 Å². The van der Waals surface area contributed by atoms with Crippen LogP contribution in [0.1, 0.15) is 23.4 Å². The molecule has 1 heterocycles. The first-order valence-electron chi connectivity index (χ1n) is 8.91. The lowest BCUT2D eigenvalue weighted by molar-refractivity contribution is -0.122. The van der Waals surface area contributed by atoms with Gasteiger partial charge in [0.1, 0.15) is 6.04 Å². The number of thioether (sulfide) groups is 1. The topological polar surface area (TPSA) is 113 Å². The highest BCUT2D eigenvalue weighted by Crippen LogP contribution is 2.07. The van der Waals surface area contributed by atoms with E-state index in [1.54, 1.807) is 12.1 Å². The monoisotopic (exact) mass is 435 g/mol. The number of nitrogens with zero attached hydrogens (tertiary/aromatic N) is 2. The minimum atomic E-state index is -3.81. The summed E-state index contributed by atoms with van der Waals surface area (Å²) in [4.78, 5) is 20.9. The summed E-state index contributed by atoms with van der Waals surface area (Å²) in [6.07, 6.45) is 3.70. The van der Waals surface area contributed by atoms with Gasteiger partial charge in [-0.15, -0.1) is 0 Å².